The van der Waals surface area contributed by atoms with Gasteiger partial charge in [0, 0.05) is 5.69 Å². The molecule has 3 rings (SSSR count). The Balaban J connectivity index is 1.73. The van der Waals surface area contributed by atoms with Crippen LogP contribution in [-0.4, -0.2) is 55.3 Å². The number of benzene rings is 2. The van der Waals surface area contributed by atoms with Crippen molar-refractivity contribution in [3.8, 4) is 11.5 Å². The Morgan fingerprint density at radius 2 is 1.94 bits per heavy atom. The number of thioether (sulfide) groups is 1. The molecule has 0 aromatic heterocycles. The lowest BCUT2D eigenvalue weighted by Crippen LogP contribution is -2.34. The molecule has 0 atom stereocenters. The van der Waals surface area contributed by atoms with Crippen LogP contribution in [0.1, 0.15) is 11.1 Å². The molecule has 0 bridgehead atoms. The van der Waals surface area contributed by atoms with Crippen LogP contribution >= 0.6 is 27.7 Å². The highest BCUT2D eigenvalue weighted by Gasteiger charge is 2.36. The second kappa shape index (κ2) is 11.2. The van der Waals surface area contributed by atoms with Crippen molar-refractivity contribution in [1.82, 2.24) is 4.90 Å². The summed E-state index contributed by atoms with van der Waals surface area (Å²) >= 11 is 4.12. The first-order valence-electron chi connectivity index (χ1n) is 9.91. The van der Waals surface area contributed by atoms with Crippen LogP contribution in [0.15, 0.2) is 45.8 Å². The van der Waals surface area contributed by atoms with Crippen molar-refractivity contribution in [2.24, 2.45) is 0 Å². The molecule has 0 spiro atoms. The highest BCUT2D eigenvalue weighted by Crippen LogP contribution is 2.39. The number of carbonyl (C=O) groups excluding carboxylic acids is 4. The van der Waals surface area contributed by atoms with Crippen molar-refractivity contribution in [2.75, 3.05) is 32.7 Å². The van der Waals surface area contributed by atoms with Crippen LogP contribution in [0.5, 0.6) is 11.5 Å². The fraction of sp³-hybridized carbons (Fsp3) is 0.217. The summed E-state index contributed by atoms with van der Waals surface area (Å²) in [7, 11) is 2.62. The smallest absolute Gasteiger partial charge is 0.325 e. The summed E-state index contributed by atoms with van der Waals surface area (Å²) < 4.78 is 16.1. The van der Waals surface area contributed by atoms with Gasteiger partial charge < -0.3 is 19.5 Å². The number of methoxy groups -OCH3 is 2. The zero-order valence-electron chi connectivity index (χ0n) is 18.5. The lowest BCUT2D eigenvalue weighted by Gasteiger charge is -2.14. The molecule has 1 fully saturated rings. The molecule has 0 unspecified atom stereocenters. The van der Waals surface area contributed by atoms with Crippen LogP contribution in [0.3, 0.4) is 0 Å². The van der Waals surface area contributed by atoms with E-state index >= 15 is 0 Å². The molecule has 1 N–H and O–H groups in total. The number of amides is 3. The van der Waals surface area contributed by atoms with Gasteiger partial charge in [0.1, 0.15) is 6.54 Å². The molecule has 1 aliphatic heterocycles. The van der Waals surface area contributed by atoms with Gasteiger partial charge in [-0.05, 0) is 76.1 Å². The maximum absolute atomic E-state index is 12.5. The average Bonchev–Trinajstić information content (AvgIpc) is 3.05. The minimum Gasteiger partial charge on any atom is -0.493 e. The monoisotopic (exact) mass is 548 g/mol. The van der Waals surface area contributed by atoms with E-state index in [4.69, 9.17) is 9.47 Å². The van der Waals surface area contributed by atoms with Gasteiger partial charge in [0.05, 0.1) is 23.6 Å². The number of imide groups is 1. The van der Waals surface area contributed by atoms with E-state index in [0.29, 0.717) is 27.2 Å². The fourth-order valence-electron chi connectivity index (χ4n) is 3.00. The molecule has 2 aromatic rings. The molecular formula is C23H21BrN2O7S. The number of nitrogens with one attached hydrogen (secondary N) is 1. The summed E-state index contributed by atoms with van der Waals surface area (Å²) in [5, 5.41) is 2.20. The minimum absolute atomic E-state index is 0.147. The molecule has 3 amide bonds. The number of nitrogens with zero attached hydrogens (tertiary/aromatic N) is 1. The minimum atomic E-state index is -0.694. The van der Waals surface area contributed by atoms with E-state index in [0.717, 1.165) is 22.2 Å². The molecule has 34 heavy (non-hydrogen) atoms. The number of aryl methyl sites for hydroxylation is 1. The number of rotatable bonds is 8. The quantitative estimate of drug-likeness (QED) is 0.389. The van der Waals surface area contributed by atoms with E-state index in [1.165, 1.54) is 20.3 Å². The third-order valence-corrected chi connectivity index (χ3v) is 6.08. The number of esters is 1. The van der Waals surface area contributed by atoms with E-state index in [2.05, 4.69) is 26.0 Å². The van der Waals surface area contributed by atoms with Crippen molar-refractivity contribution in [1.29, 1.82) is 0 Å². The molecule has 0 saturated carbocycles. The second-order valence-electron chi connectivity index (χ2n) is 7.08. The second-order valence-corrected chi connectivity index (χ2v) is 8.93. The SMILES string of the molecule is COC(=O)CN1C(=O)S/C(=C\c2cc(Br)c(OCC(=O)Nc3cccc(C)c3)c(OC)c2)C1=O. The Hall–Kier alpha value is -3.31. The maximum atomic E-state index is 12.5. The average molecular weight is 549 g/mol. The highest BCUT2D eigenvalue weighted by molar-refractivity contribution is 9.10. The van der Waals surface area contributed by atoms with E-state index in [1.807, 2.05) is 25.1 Å². The van der Waals surface area contributed by atoms with Crippen molar-refractivity contribution in [3.05, 3.63) is 56.9 Å². The van der Waals surface area contributed by atoms with Gasteiger partial charge in [-0.3, -0.25) is 24.1 Å². The Kier molecular flexibility index (Phi) is 8.35. The first kappa shape index (κ1) is 25.3. The zero-order valence-corrected chi connectivity index (χ0v) is 20.9. The van der Waals surface area contributed by atoms with Gasteiger partial charge in [-0.1, -0.05) is 12.1 Å². The van der Waals surface area contributed by atoms with Crippen molar-refractivity contribution in [3.63, 3.8) is 0 Å². The Morgan fingerprint density at radius 3 is 2.62 bits per heavy atom. The van der Waals surface area contributed by atoms with Gasteiger partial charge in [0.2, 0.25) is 0 Å². The lowest BCUT2D eigenvalue weighted by atomic mass is 10.2. The predicted octanol–water partition coefficient (Wildman–Crippen LogP) is 3.99. The number of carbonyl (C=O) groups is 4. The standard InChI is InChI=1S/C23H21BrN2O7S/c1-13-5-4-6-15(7-13)25-19(27)12-33-21-16(24)8-14(9-17(21)31-2)10-18-22(29)26(23(30)34-18)11-20(28)32-3/h4-10H,11-12H2,1-3H3,(H,25,27)/b18-10-. The van der Waals surface area contributed by atoms with E-state index in [9.17, 15) is 19.2 Å². The van der Waals surface area contributed by atoms with Crippen LogP contribution in [0.4, 0.5) is 10.5 Å². The summed E-state index contributed by atoms with van der Waals surface area (Å²) in [4.78, 5) is 49.3. The van der Waals surface area contributed by atoms with Crippen LogP contribution < -0.4 is 14.8 Å². The first-order valence-corrected chi connectivity index (χ1v) is 11.5. The molecule has 0 aliphatic carbocycles. The van der Waals surface area contributed by atoms with Gasteiger partial charge >= 0.3 is 5.97 Å². The summed E-state index contributed by atoms with van der Waals surface area (Å²) in [5.74, 6) is -1.01. The topological polar surface area (TPSA) is 111 Å². The van der Waals surface area contributed by atoms with Crippen LogP contribution in [-0.2, 0) is 19.1 Å². The summed E-state index contributed by atoms with van der Waals surface area (Å²) in [6.07, 6.45) is 1.50. The van der Waals surface area contributed by atoms with Crippen molar-refractivity contribution >= 4 is 62.5 Å². The van der Waals surface area contributed by atoms with Crippen molar-refractivity contribution in [2.45, 2.75) is 6.92 Å². The normalized spacial score (nSPS) is 14.4. The summed E-state index contributed by atoms with van der Waals surface area (Å²) in [6.45, 7) is 1.22. The summed E-state index contributed by atoms with van der Waals surface area (Å²) in [5.41, 5.74) is 2.22. The number of anilines is 1. The van der Waals surface area contributed by atoms with E-state index < -0.39 is 23.7 Å². The van der Waals surface area contributed by atoms with Crippen molar-refractivity contribution < 1.29 is 33.4 Å². The van der Waals surface area contributed by atoms with Gasteiger partial charge in [-0.15, -0.1) is 0 Å². The van der Waals surface area contributed by atoms with Gasteiger partial charge in [-0.25, -0.2) is 0 Å². The molecule has 1 saturated heterocycles. The van der Waals surface area contributed by atoms with Gasteiger partial charge in [-0.2, -0.15) is 0 Å². The molecule has 11 heteroatoms. The molecule has 2 aromatic carbocycles. The first-order chi connectivity index (χ1) is 16.2. The molecular weight excluding hydrogens is 528 g/mol. The Bertz CT molecular complexity index is 1180. The highest BCUT2D eigenvalue weighted by atomic mass is 79.9. The summed E-state index contributed by atoms with van der Waals surface area (Å²) in [6, 6.07) is 10.7. The largest absolute Gasteiger partial charge is 0.493 e. The molecule has 9 nitrogen and oxygen atoms in total. The van der Waals surface area contributed by atoms with Crippen LogP contribution in [0, 0.1) is 6.92 Å². The Labute approximate surface area is 208 Å². The molecule has 0 radical (unpaired) electrons. The molecule has 1 heterocycles. The van der Waals surface area contributed by atoms with Gasteiger partial charge in [0.25, 0.3) is 17.1 Å². The lowest BCUT2D eigenvalue weighted by molar-refractivity contribution is -0.143. The third kappa shape index (κ3) is 6.17. The number of ether oxygens (including phenoxy) is 3. The van der Waals surface area contributed by atoms with Crippen LogP contribution in [0.25, 0.3) is 6.08 Å². The zero-order chi connectivity index (χ0) is 24.8. The van der Waals surface area contributed by atoms with Gasteiger partial charge in [0.15, 0.2) is 18.1 Å². The Morgan fingerprint density at radius 1 is 1.18 bits per heavy atom. The van der Waals surface area contributed by atoms with Crippen LogP contribution in [0.2, 0.25) is 0 Å². The number of hydrogen-bond donors (Lipinski definition) is 1. The number of halogens is 1. The molecule has 178 valence electrons. The number of hydrogen-bond acceptors (Lipinski definition) is 8. The third-order valence-electron chi connectivity index (χ3n) is 4.59. The van der Waals surface area contributed by atoms with E-state index in [1.54, 1.807) is 18.2 Å². The molecule has 1 aliphatic rings. The van der Waals surface area contributed by atoms with E-state index in [-0.39, 0.29) is 17.4 Å². The predicted molar refractivity (Wildman–Crippen MR) is 131 cm³/mol. The fourth-order valence-corrected chi connectivity index (χ4v) is 4.41. The maximum Gasteiger partial charge on any atom is 0.325 e.